The van der Waals surface area contributed by atoms with E-state index < -0.39 is 19.8 Å². The van der Waals surface area contributed by atoms with Crippen molar-refractivity contribution in [1.82, 2.24) is 0 Å². The third-order valence-electron chi connectivity index (χ3n) is 0.866. The first-order chi connectivity index (χ1) is 2.77. The van der Waals surface area contributed by atoms with Gasteiger partial charge in [-0.15, -0.1) is 0 Å². The van der Waals surface area contributed by atoms with Gasteiger partial charge in [0.25, 0.3) is 0 Å². The van der Waals surface area contributed by atoms with Crippen LogP contribution in [0.3, 0.4) is 0 Å². The van der Waals surface area contributed by atoms with Crippen LogP contribution in [0.15, 0.2) is 0 Å². The van der Waals surface area contributed by atoms with Gasteiger partial charge in [0.1, 0.15) is 0 Å². The summed E-state index contributed by atoms with van der Waals surface area (Å²) in [7, 11) is 0. The molecule has 0 rings (SSSR count). The van der Waals surface area contributed by atoms with Gasteiger partial charge in [0, 0.05) is 0 Å². The van der Waals surface area contributed by atoms with Crippen LogP contribution < -0.4 is 0 Å². The molecule has 0 aliphatic rings. The summed E-state index contributed by atoms with van der Waals surface area (Å²) in [4.78, 5) is 4.93. The van der Waals surface area contributed by atoms with Crippen LogP contribution in [0.1, 0.15) is 13.3 Å². The molecule has 0 nitrogen and oxygen atoms in total. The Bertz CT molecular complexity index is 25.1. The summed E-state index contributed by atoms with van der Waals surface area (Å²) < 4.78 is 1.58. The molecule has 0 aliphatic heterocycles. The van der Waals surface area contributed by atoms with Crippen LogP contribution in [0.25, 0.3) is 0 Å². The molecule has 0 aromatic rings. The molecule has 0 aromatic carbocycles. The molecule has 0 aromatic heterocycles. The Morgan fingerprint density at radius 3 is 1.83 bits per heavy atom. The summed E-state index contributed by atoms with van der Waals surface area (Å²) in [6, 6.07) is 0. The van der Waals surface area contributed by atoms with E-state index in [1.165, 1.54) is 6.42 Å². The Labute approximate surface area is 47.7 Å². The van der Waals surface area contributed by atoms with E-state index in [-0.39, 0.29) is 0 Å². The second kappa shape index (κ2) is 3.97. The molecule has 0 bridgehead atoms. The van der Waals surface area contributed by atoms with Crippen molar-refractivity contribution in [2.24, 2.45) is 0 Å². The minimum absolute atomic E-state index is 0.718. The molecule has 0 fully saturated rings. The van der Waals surface area contributed by atoms with Gasteiger partial charge in [-0.3, -0.25) is 0 Å². The molecule has 0 atom stereocenters. The van der Waals surface area contributed by atoms with Gasteiger partial charge in [-0.05, 0) is 0 Å². The summed E-state index contributed by atoms with van der Waals surface area (Å²) in [5.74, 6) is 0. The van der Waals surface area contributed by atoms with Gasteiger partial charge in [-0.2, -0.15) is 0 Å². The van der Waals surface area contributed by atoms with Gasteiger partial charge in [0.2, 0.25) is 0 Å². The Morgan fingerprint density at radius 1 is 1.33 bits per heavy atom. The fourth-order valence-corrected chi connectivity index (χ4v) is 3.87. The summed E-state index contributed by atoms with van der Waals surface area (Å²) in [5, 5.41) is 0. The Kier molecular flexibility index (Phi) is 4.50. The Balaban J connectivity index is 2.63. The molecule has 38 valence electrons. The topological polar surface area (TPSA) is 0 Å². The average molecular weight is 193 g/mol. The van der Waals surface area contributed by atoms with Crippen LogP contribution in [-0.2, 0) is 0 Å². The standard InChI is InChI=1S/C3H7.2CH3.Sn.H/c1-3-2;;;;/h1,3H2,2H3;2*1H3;;. The summed E-state index contributed by atoms with van der Waals surface area (Å²) in [6.45, 7) is 2.27. The fraction of sp³-hybridized carbons (Fsp3) is 1.00. The van der Waals surface area contributed by atoms with Gasteiger partial charge in [-0.25, -0.2) is 0 Å². The van der Waals surface area contributed by atoms with Crippen LogP contribution in [-0.4, -0.2) is 19.8 Å². The molecule has 0 saturated heterocycles. The number of rotatable bonds is 2. The maximum atomic E-state index is 2.46. The molecule has 0 amide bonds. The zero-order chi connectivity index (χ0) is 4.99. The molecule has 1 heteroatoms. The van der Waals surface area contributed by atoms with Crippen molar-refractivity contribution in [2.75, 3.05) is 0 Å². The molecule has 0 saturated carbocycles. The van der Waals surface area contributed by atoms with E-state index in [2.05, 4.69) is 16.8 Å². The van der Waals surface area contributed by atoms with Crippen molar-refractivity contribution in [1.29, 1.82) is 0 Å². The van der Waals surface area contributed by atoms with Crippen LogP contribution in [0.4, 0.5) is 0 Å². The molecular weight excluding hydrogens is 179 g/mol. The van der Waals surface area contributed by atoms with Crippen LogP contribution in [0.2, 0.25) is 14.3 Å². The van der Waals surface area contributed by atoms with Crippen LogP contribution in [0.5, 0.6) is 0 Å². The average Bonchev–Trinajstić information content (AvgIpc) is 1.35. The maximum absolute atomic E-state index is 2.46. The van der Waals surface area contributed by atoms with Crippen molar-refractivity contribution < 1.29 is 0 Å². The second-order valence-electron chi connectivity index (χ2n) is 2.18. The first kappa shape index (κ1) is 6.80. The minimum atomic E-state index is -0.718. The zero-order valence-corrected chi connectivity index (χ0v) is 8.29. The summed E-state index contributed by atoms with van der Waals surface area (Å²) in [6.07, 6.45) is 1.42. The zero-order valence-electron chi connectivity index (χ0n) is 4.99. The van der Waals surface area contributed by atoms with E-state index in [1.54, 1.807) is 4.44 Å². The van der Waals surface area contributed by atoms with Gasteiger partial charge >= 0.3 is 47.4 Å². The SMILES string of the molecule is CC[CH2][SnH]([CH3])[CH3]. The summed E-state index contributed by atoms with van der Waals surface area (Å²) >= 11 is -0.718. The Morgan fingerprint density at radius 2 is 1.83 bits per heavy atom. The quantitative estimate of drug-likeness (QED) is 0.587. The number of hydrogen-bond acceptors (Lipinski definition) is 0. The van der Waals surface area contributed by atoms with Gasteiger partial charge in [0.05, 0.1) is 0 Å². The first-order valence-corrected chi connectivity index (χ1v) is 11.7. The number of hydrogen-bond donors (Lipinski definition) is 0. The van der Waals surface area contributed by atoms with E-state index in [9.17, 15) is 0 Å². The Hall–Kier alpha value is 0.799. The van der Waals surface area contributed by atoms with E-state index in [0.717, 1.165) is 0 Å². The van der Waals surface area contributed by atoms with Crippen molar-refractivity contribution >= 4 is 19.8 Å². The van der Waals surface area contributed by atoms with E-state index >= 15 is 0 Å². The normalized spacial score (nSPS) is 10.0. The molecule has 0 unspecified atom stereocenters. The third-order valence-corrected chi connectivity index (χ3v) is 5.81. The molecular formula is C5H14Sn. The van der Waals surface area contributed by atoms with Crippen LogP contribution >= 0.6 is 0 Å². The van der Waals surface area contributed by atoms with E-state index in [0.29, 0.717) is 0 Å². The van der Waals surface area contributed by atoms with Crippen molar-refractivity contribution in [3.05, 3.63) is 0 Å². The monoisotopic (exact) mass is 194 g/mol. The van der Waals surface area contributed by atoms with Crippen molar-refractivity contribution in [3.63, 3.8) is 0 Å². The van der Waals surface area contributed by atoms with Crippen LogP contribution in [0, 0.1) is 0 Å². The first-order valence-electron chi connectivity index (χ1n) is 2.77. The molecule has 0 heterocycles. The van der Waals surface area contributed by atoms with E-state index in [1.807, 2.05) is 0 Å². The predicted octanol–water partition coefficient (Wildman–Crippen LogP) is 1.88. The predicted molar refractivity (Wildman–Crippen MR) is 34.0 cm³/mol. The molecule has 6 heavy (non-hydrogen) atoms. The summed E-state index contributed by atoms with van der Waals surface area (Å²) in [5.41, 5.74) is 0. The van der Waals surface area contributed by atoms with Gasteiger partial charge in [-0.1, -0.05) is 0 Å². The van der Waals surface area contributed by atoms with Gasteiger partial charge in [0.15, 0.2) is 0 Å². The molecule has 0 N–H and O–H groups in total. The second-order valence-corrected chi connectivity index (χ2v) is 11.8. The molecule has 0 spiro atoms. The van der Waals surface area contributed by atoms with Crippen molar-refractivity contribution in [2.45, 2.75) is 27.7 Å². The van der Waals surface area contributed by atoms with E-state index in [4.69, 9.17) is 0 Å². The third kappa shape index (κ3) is 4.80. The molecule has 0 radical (unpaired) electrons. The molecule has 0 aliphatic carbocycles. The fourth-order valence-electron chi connectivity index (χ4n) is 0.577. The van der Waals surface area contributed by atoms with Crippen molar-refractivity contribution in [3.8, 4) is 0 Å². The van der Waals surface area contributed by atoms with Gasteiger partial charge < -0.3 is 0 Å².